The van der Waals surface area contributed by atoms with E-state index in [-0.39, 0.29) is 5.82 Å². The average Bonchev–Trinajstić information content (AvgIpc) is 3.00. The summed E-state index contributed by atoms with van der Waals surface area (Å²) in [7, 11) is 0. The molecule has 3 rings (SSSR count). The smallest absolute Gasteiger partial charge is 0.144 e. The molecule has 0 aliphatic heterocycles. The van der Waals surface area contributed by atoms with Gasteiger partial charge in [0, 0.05) is 12.4 Å². The van der Waals surface area contributed by atoms with Gasteiger partial charge in [0.2, 0.25) is 0 Å². The van der Waals surface area contributed by atoms with Crippen molar-refractivity contribution >= 4 is 0 Å². The molecule has 0 spiro atoms. The van der Waals surface area contributed by atoms with E-state index in [2.05, 4.69) is 9.97 Å². The van der Waals surface area contributed by atoms with Crippen molar-refractivity contribution in [1.82, 2.24) is 9.97 Å². The lowest BCUT2D eigenvalue weighted by atomic mass is 10.1. The maximum atomic E-state index is 14.0. The van der Waals surface area contributed by atoms with Crippen LogP contribution in [0.25, 0.3) is 11.4 Å². The quantitative estimate of drug-likeness (QED) is 0.781. The molecule has 0 radical (unpaired) electrons. The van der Waals surface area contributed by atoms with Gasteiger partial charge in [-0.25, -0.2) is 9.37 Å². The van der Waals surface area contributed by atoms with Gasteiger partial charge in [0.15, 0.2) is 0 Å². The number of nitrogens with one attached hydrogen (secondary N) is 1. The second kappa shape index (κ2) is 5.57. The van der Waals surface area contributed by atoms with Gasteiger partial charge in [0.05, 0.1) is 5.56 Å². The van der Waals surface area contributed by atoms with Gasteiger partial charge in [-0.15, -0.1) is 0 Å². The molecule has 1 aromatic heterocycles. The van der Waals surface area contributed by atoms with Gasteiger partial charge in [-0.05, 0) is 17.7 Å². The van der Waals surface area contributed by atoms with Crippen LogP contribution in [0.2, 0.25) is 0 Å². The maximum Gasteiger partial charge on any atom is 0.144 e. The first-order valence-electron chi connectivity index (χ1n) is 6.29. The van der Waals surface area contributed by atoms with Gasteiger partial charge in [0.1, 0.15) is 24.0 Å². The molecule has 1 heterocycles. The summed E-state index contributed by atoms with van der Waals surface area (Å²) < 4.78 is 19.7. The Hall–Kier alpha value is -2.62. The molecule has 20 heavy (non-hydrogen) atoms. The highest BCUT2D eigenvalue weighted by atomic mass is 19.1. The molecule has 4 heteroatoms. The van der Waals surface area contributed by atoms with E-state index in [4.69, 9.17) is 4.74 Å². The first kappa shape index (κ1) is 12.4. The highest BCUT2D eigenvalue weighted by Crippen LogP contribution is 2.30. The number of halogens is 1. The van der Waals surface area contributed by atoms with Gasteiger partial charge in [-0.2, -0.15) is 0 Å². The Morgan fingerprint density at radius 1 is 1.05 bits per heavy atom. The molecule has 1 N–H and O–H groups in total. The lowest BCUT2D eigenvalue weighted by Gasteiger charge is -2.11. The molecule has 0 amide bonds. The summed E-state index contributed by atoms with van der Waals surface area (Å²) in [6.07, 6.45) is 3.24. The fraction of sp³-hybridized carbons (Fsp3) is 0.0625. The van der Waals surface area contributed by atoms with Crippen LogP contribution >= 0.6 is 0 Å². The zero-order valence-corrected chi connectivity index (χ0v) is 10.7. The number of nitrogens with zero attached hydrogens (tertiary/aromatic N) is 1. The number of ether oxygens (including phenoxy) is 1. The monoisotopic (exact) mass is 268 g/mol. The number of rotatable bonds is 4. The van der Waals surface area contributed by atoms with E-state index in [0.717, 1.165) is 5.56 Å². The SMILES string of the molecule is Fc1cccc(OCc2ccccc2)c1-c1ncc[nH]1. The van der Waals surface area contributed by atoms with Crippen LogP contribution in [0.15, 0.2) is 60.9 Å². The Kier molecular flexibility index (Phi) is 3.46. The molecule has 3 aromatic rings. The van der Waals surface area contributed by atoms with Gasteiger partial charge >= 0.3 is 0 Å². The minimum Gasteiger partial charge on any atom is -0.488 e. The van der Waals surface area contributed by atoms with Crippen LogP contribution in [0.5, 0.6) is 5.75 Å². The summed E-state index contributed by atoms with van der Waals surface area (Å²) in [5.41, 5.74) is 1.38. The van der Waals surface area contributed by atoms with Crippen molar-refractivity contribution in [2.24, 2.45) is 0 Å². The van der Waals surface area contributed by atoms with Crippen LogP contribution in [-0.2, 0) is 6.61 Å². The molecule has 0 fully saturated rings. The third kappa shape index (κ3) is 2.54. The van der Waals surface area contributed by atoms with E-state index in [1.165, 1.54) is 6.07 Å². The van der Waals surface area contributed by atoms with Gasteiger partial charge < -0.3 is 9.72 Å². The van der Waals surface area contributed by atoms with Crippen molar-refractivity contribution in [3.05, 3.63) is 72.3 Å². The number of aromatic nitrogens is 2. The predicted octanol–water partition coefficient (Wildman–Crippen LogP) is 3.79. The van der Waals surface area contributed by atoms with Crippen molar-refractivity contribution in [3.63, 3.8) is 0 Å². The lowest BCUT2D eigenvalue weighted by molar-refractivity contribution is 0.306. The molecule has 2 aromatic carbocycles. The van der Waals surface area contributed by atoms with E-state index < -0.39 is 0 Å². The van der Waals surface area contributed by atoms with E-state index in [0.29, 0.717) is 23.7 Å². The van der Waals surface area contributed by atoms with Crippen LogP contribution in [0.3, 0.4) is 0 Å². The molecular formula is C16H13FN2O. The Morgan fingerprint density at radius 3 is 2.65 bits per heavy atom. The van der Waals surface area contributed by atoms with E-state index in [1.54, 1.807) is 24.5 Å². The third-order valence-electron chi connectivity index (χ3n) is 2.95. The topological polar surface area (TPSA) is 37.9 Å². The first-order valence-corrected chi connectivity index (χ1v) is 6.29. The second-order valence-electron chi connectivity index (χ2n) is 4.33. The molecule has 0 saturated carbocycles. The van der Waals surface area contributed by atoms with E-state index in [1.807, 2.05) is 30.3 Å². The molecule has 0 atom stereocenters. The van der Waals surface area contributed by atoms with E-state index in [9.17, 15) is 4.39 Å². The summed E-state index contributed by atoms with van der Waals surface area (Å²) in [6.45, 7) is 0.387. The zero-order valence-electron chi connectivity index (χ0n) is 10.7. The number of aromatic amines is 1. The standard InChI is InChI=1S/C16H13FN2O/c17-13-7-4-8-14(15(13)16-18-9-10-19-16)20-11-12-5-2-1-3-6-12/h1-10H,11H2,(H,18,19). The fourth-order valence-electron chi connectivity index (χ4n) is 1.99. The molecule has 0 bridgehead atoms. The number of H-pyrrole nitrogens is 1. The van der Waals surface area contributed by atoms with Gasteiger partial charge in [0.25, 0.3) is 0 Å². The largest absolute Gasteiger partial charge is 0.488 e. The molecule has 0 unspecified atom stereocenters. The Labute approximate surface area is 116 Å². The number of hydrogen-bond donors (Lipinski definition) is 1. The Morgan fingerprint density at radius 2 is 1.90 bits per heavy atom. The lowest BCUT2D eigenvalue weighted by Crippen LogP contribution is -1.99. The average molecular weight is 268 g/mol. The van der Waals surface area contributed by atoms with Crippen LogP contribution in [0.4, 0.5) is 4.39 Å². The Balaban J connectivity index is 1.88. The second-order valence-corrected chi connectivity index (χ2v) is 4.33. The Bertz CT molecular complexity index is 681. The summed E-state index contributed by atoms with van der Waals surface area (Å²) in [6, 6.07) is 14.5. The summed E-state index contributed by atoms with van der Waals surface area (Å²) in [5, 5.41) is 0. The minimum atomic E-state index is -0.356. The van der Waals surface area contributed by atoms with Gasteiger partial charge in [-0.1, -0.05) is 36.4 Å². The van der Waals surface area contributed by atoms with Crippen LogP contribution in [0.1, 0.15) is 5.56 Å². The van der Waals surface area contributed by atoms with Crippen molar-refractivity contribution in [2.45, 2.75) is 6.61 Å². The zero-order chi connectivity index (χ0) is 13.8. The van der Waals surface area contributed by atoms with Crippen molar-refractivity contribution in [3.8, 4) is 17.1 Å². The highest BCUT2D eigenvalue weighted by Gasteiger charge is 2.14. The van der Waals surface area contributed by atoms with E-state index >= 15 is 0 Å². The summed E-state index contributed by atoms with van der Waals surface area (Å²) in [5.74, 6) is 0.584. The minimum absolute atomic E-state index is 0.355. The van der Waals surface area contributed by atoms with Crippen molar-refractivity contribution in [1.29, 1.82) is 0 Å². The number of imidazole rings is 1. The molecular weight excluding hydrogens is 255 g/mol. The van der Waals surface area contributed by atoms with Gasteiger partial charge in [-0.3, -0.25) is 0 Å². The molecule has 100 valence electrons. The molecule has 0 aliphatic rings. The van der Waals surface area contributed by atoms with Crippen LogP contribution < -0.4 is 4.74 Å². The first-order chi connectivity index (χ1) is 9.84. The molecule has 0 aliphatic carbocycles. The predicted molar refractivity (Wildman–Crippen MR) is 74.8 cm³/mol. The fourth-order valence-corrected chi connectivity index (χ4v) is 1.99. The normalized spacial score (nSPS) is 10.4. The maximum absolute atomic E-state index is 14.0. The molecule has 3 nitrogen and oxygen atoms in total. The number of benzene rings is 2. The molecule has 0 saturated heterocycles. The third-order valence-corrected chi connectivity index (χ3v) is 2.95. The summed E-state index contributed by atoms with van der Waals surface area (Å²) in [4.78, 5) is 6.99. The number of hydrogen-bond acceptors (Lipinski definition) is 2. The van der Waals surface area contributed by atoms with Crippen molar-refractivity contribution < 1.29 is 9.13 Å². The highest BCUT2D eigenvalue weighted by molar-refractivity contribution is 5.64. The summed E-state index contributed by atoms with van der Waals surface area (Å²) >= 11 is 0. The van der Waals surface area contributed by atoms with Crippen LogP contribution in [0, 0.1) is 5.82 Å². The van der Waals surface area contributed by atoms with Crippen molar-refractivity contribution in [2.75, 3.05) is 0 Å². The van der Waals surface area contributed by atoms with Crippen LogP contribution in [-0.4, -0.2) is 9.97 Å².